The van der Waals surface area contributed by atoms with E-state index in [1.165, 1.54) is 6.42 Å². The van der Waals surface area contributed by atoms with E-state index in [2.05, 4.69) is 15.5 Å². The molecular weight excluding hydrogens is 414 g/mol. The molecule has 2 fully saturated rings. The predicted octanol–water partition coefficient (Wildman–Crippen LogP) is 4.72. The van der Waals surface area contributed by atoms with Crippen molar-refractivity contribution < 1.29 is 14.3 Å². The minimum absolute atomic E-state index is 0.0554. The molecule has 2 aromatic rings. The Kier molecular flexibility index (Phi) is 8.00. The van der Waals surface area contributed by atoms with Gasteiger partial charge in [0.1, 0.15) is 0 Å². The predicted molar refractivity (Wildman–Crippen MR) is 132 cm³/mol. The average molecular weight is 450 g/mol. The van der Waals surface area contributed by atoms with Crippen molar-refractivity contribution >= 4 is 23.2 Å². The van der Waals surface area contributed by atoms with Crippen molar-refractivity contribution in [1.82, 2.24) is 5.32 Å². The molecule has 2 N–H and O–H groups in total. The summed E-state index contributed by atoms with van der Waals surface area (Å²) in [4.78, 5) is 28.6. The Labute approximate surface area is 196 Å². The summed E-state index contributed by atoms with van der Waals surface area (Å²) in [6, 6.07) is 15.5. The Morgan fingerprint density at radius 2 is 1.85 bits per heavy atom. The van der Waals surface area contributed by atoms with E-state index in [-0.39, 0.29) is 23.8 Å². The second kappa shape index (κ2) is 11.3. The van der Waals surface area contributed by atoms with Gasteiger partial charge in [0.05, 0.1) is 17.6 Å². The van der Waals surface area contributed by atoms with Crippen LogP contribution in [0.2, 0.25) is 0 Å². The molecule has 176 valence electrons. The second-order valence-electron chi connectivity index (χ2n) is 8.99. The lowest BCUT2D eigenvalue weighted by atomic mass is 9.95. The van der Waals surface area contributed by atoms with Crippen molar-refractivity contribution in [2.75, 3.05) is 36.5 Å². The number of hydrogen-bond donors (Lipinski definition) is 2. The summed E-state index contributed by atoms with van der Waals surface area (Å²) in [5, 5.41) is 6.11. The number of piperidine rings is 1. The highest BCUT2D eigenvalue weighted by Gasteiger charge is 2.23. The zero-order chi connectivity index (χ0) is 23.0. The van der Waals surface area contributed by atoms with Crippen LogP contribution in [0.15, 0.2) is 48.5 Å². The third-order valence-electron chi connectivity index (χ3n) is 6.65. The van der Waals surface area contributed by atoms with E-state index in [4.69, 9.17) is 4.74 Å². The molecule has 0 aromatic heterocycles. The van der Waals surface area contributed by atoms with E-state index in [0.29, 0.717) is 24.2 Å². The summed E-state index contributed by atoms with van der Waals surface area (Å²) >= 11 is 0. The first-order valence-electron chi connectivity index (χ1n) is 12.3. The number of nitrogens with one attached hydrogen (secondary N) is 2. The molecular formula is C27H35N3O3. The monoisotopic (exact) mass is 449 g/mol. The van der Waals surface area contributed by atoms with Gasteiger partial charge in [0.15, 0.2) is 0 Å². The number of carbonyl (C=O) groups excluding carboxylic acids is 2. The molecule has 2 atom stereocenters. The van der Waals surface area contributed by atoms with Crippen LogP contribution in [0.3, 0.4) is 0 Å². The van der Waals surface area contributed by atoms with Gasteiger partial charge in [-0.1, -0.05) is 37.3 Å². The summed E-state index contributed by atoms with van der Waals surface area (Å²) in [5.74, 6) is -0.401. The second-order valence-corrected chi connectivity index (χ2v) is 8.99. The molecule has 2 aliphatic heterocycles. The lowest BCUT2D eigenvalue weighted by Crippen LogP contribution is -2.35. The van der Waals surface area contributed by atoms with Crippen LogP contribution < -0.4 is 15.5 Å². The van der Waals surface area contributed by atoms with Gasteiger partial charge in [0.25, 0.3) is 5.91 Å². The summed E-state index contributed by atoms with van der Waals surface area (Å²) < 4.78 is 5.66. The molecule has 0 spiro atoms. The van der Waals surface area contributed by atoms with Crippen LogP contribution in [0.4, 0.5) is 11.4 Å². The summed E-state index contributed by atoms with van der Waals surface area (Å²) in [6.45, 7) is 5.19. The number of rotatable bonds is 8. The lowest BCUT2D eigenvalue weighted by Gasteiger charge is -2.30. The number of nitrogens with zero attached hydrogens (tertiary/aromatic N) is 1. The normalized spacial score (nSPS) is 19.2. The SMILES string of the molecule is CC[C@H](C(=O)Nc1ccc(N2CCCCC2)c(C(=O)NC[C@H]2CCCO2)c1)c1ccccc1. The molecule has 6 nitrogen and oxygen atoms in total. The van der Waals surface area contributed by atoms with Gasteiger partial charge >= 0.3 is 0 Å². The van der Waals surface area contributed by atoms with Crippen LogP contribution in [0.25, 0.3) is 0 Å². The van der Waals surface area contributed by atoms with Crippen molar-refractivity contribution in [2.45, 2.75) is 57.5 Å². The van der Waals surface area contributed by atoms with E-state index in [9.17, 15) is 9.59 Å². The highest BCUT2D eigenvalue weighted by atomic mass is 16.5. The molecule has 4 rings (SSSR count). The Bertz CT molecular complexity index is 935. The van der Waals surface area contributed by atoms with Gasteiger partial charge in [-0.3, -0.25) is 9.59 Å². The zero-order valence-electron chi connectivity index (χ0n) is 19.5. The van der Waals surface area contributed by atoms with Gasteiger partial charge < -0.3 is 20.3 Å². The molecule has 2 aliphatic rings. The molecule has 0 aliphatic carbocycles. The van der Waals surface area contributed by atoms with Gasteiger partial charge in [0, 0.05) is 37.6 Å². The van der Waals surface area contributed by atoms with Crippen molar-refractivity contribution in [3.8, 4) is 0 Å². The van der Waals surface area contributed by atoms with E-state index >= 15 is 0 Å². The number of anilines is 2. The van der Waals surface area contributed by atoms with Crippen LogP contribution >= 0.6 is 0 Å². The number of ether oxygens (including phenoxy) is 1. The minimum atomic E-state index is -0.232. The zero-order valence-corrected chi connectivity index (χ0v) is 19.5. The lowest BCUT2D eigenvalue weighted by molar-refractivity contribution is -0.117. The van der Waals surface area contributed by atoms with Crippen molar-refractivity contribution in [1.29, 1.82) is 0 Å². The Morgan fingerprint density at radius 1 is 1.06 bits per heavy atom. The van der Waals surface area contributed by atoms with E-state index < -0.39 is 0 Å². The van der Waals surface area contributed by atoms with Crippen LogP contribution in [0.5, 0.6) is 0 Å². The van der Waals surface area contributed by atoms with Crippen LogP contribution in [-0.2, 0) is 9.53 Å². The van der Waals surface area contributed by atoms with E-state index in [1.807, 2.05) is 55.5 Å². The Hall–Kier alpha value is -2.86. The number of benzene rings is 2. The fourth-order valence-corrected chi connectivity index (χ4v) is 4.80. The molecule has 0 bridgehead atoms. The number of amides is 2. The maximum Gasteiger partial charge on any atom is 0.253 e. The molecule has 2 heterocycles. The van der Waals surface area contributed by atoms with Gasteiger partial charge in [-0.05, 0) is 62.3 Å². The van der Waals surface area contributed by atoms with Crippen molar-refractivity contribution in [3.05, 3.63) is 59.7 Å². The molecule has 2 amide bonds. The first kappa shape index (κ1) is 23.3. The molecule has 2 saturated heterocycles. The summed E-state index contributed by atoms with van der Waals surface area (Å²) in [7, 11) is 0. The van der Waals surface area contributed by atoms with Crippen molar-refractivity contribution in [3.63, 3.8) is 0 Å². The van der Waals surface area contributed by atoms with Crippen LogP contribution in [-0.4, -0.2) is 44.2 Å². The minimum Gasteiger partial charge on any atom is -0.376 e. The molecule has 6 heteroatoms. The number of hydrogen-bond acceptors (Lipinski definition) is 4. The fourth-order valence-electron chi connectivity index (χ4n) is 4.80. The van der Waals surface area contributed by atoms with E-state index in [0.717, 1.165) is 56.6 Å². The van der Waals surface area contributed by atoms with Gasteiger partial charge in [-0.25, -0.2) is 0 Å². The molecule has 0 saturated carbocycles. The standard InChI is InChI=1S/C27H35N3O3/c1-2-23(20-10-5-3-6-11-20)27(32)29-21-13-14-25(30-15-7-4-8-16-30)24(18-21)26(31)28-19-22-12-9-17-33-22/h3,5-6,10-11,13-14,18,22-23H,2,4,7-9,12,15-17,19H2,1H3,(H,28,31)(H,29,32)/t22-,23+/m1/s1. The third kappa shape index (κ3) is 5.93. The van der Waals surface area contributed by atoms with E-state index in [1.54, 1.807) is 0 Å². The largest absolute Gasteiger partial charge is 0.376 e. The molecule has 0 unspecified atom stereocenters. The Morgan fingerprint density at radius 3 is 2.55 bits per heavy atom. The number of carbonyl (C=O) groups is 2. The first-order valence-corrected chi connectivity index (χ1v) is 12.3. The smallest absolute Gasteiger partial charge is 0.253 e. The maximum absolute atomic E-state index is 13.2. The molecule has 2 aromatic carbocycles. The van der Waals surface area contributed by atoms with Gasteiger partial charge in [-0.2, -0.15) is 0 Å². The summed E-state index contributed by atoms with van der Waals surface area (Å²) in [5.41, 5.74) is 3.20. The highest BCUT2D eigenvalue weighted by Crippen LogP contribution is 2.29. The fraction of sp³-hybridized carbons (Fsp3) is 0.481. The highest BCUT2D eigenvalue weighted by molar-refractivity contribution is 6.03. The Balaban J connectivity index is 1.53. The maximum atomic E-state index is 13.2. The quantitative estimate of drug-likeness (QED) is 0.612. The summed E-state index contributed by atoms with van der Waals surface area (Å²) in [6.07, 6.45) is 6.30. The topological polar surface area (TPSA) is 70.7 Å². The van der Waals surface area contributed by atoms with Crippen LogP contribution in [0.1, 0.15) is 67.3 Å². The first-order chi connectivity index (χ1) is 16.2. The van der Waals surface area contributed by atoms with Crippen LogP contribution in [0, 0.1) is 0 Å². The van der Waals surface area contributed by atoms with Crippen molar-refractivity contribution in [2.24, 2.45) is 0 Å². The average Bonchev–Trinajstić information content (AvgIpc) is 3.38. The molecule has 33 heavy (non-hydrogen) atoms. The molecule has 0 radical (unpaired) electrons. The van der Waals surface area contributed by atoms with Gasteiger partial charge in [-0.15, -0.1) is 0 Å². The third-order valence-corrected chi connectivity index (χ3v) is 6.65. The van der Waals surface area contributed by atoms with Gasteiger partial charge in [0.2, 0.25) is 5.91 Å².